The Morgan fingerprint density at radius 2 is 1.82 bits per heavy atom. The molecule has 0 bridgehead atoms. The summed E-state index contributed by atoms with van der Waals surface area (Å²) in [4.78, 5) is 48.3. The fourth-order valence-corrected chi connectivity index (χ4v) is 7.47. The molecule has 10 heteroatoms. The number of amides is 2. The van der Waals surface area contributed by atoms with Crippen LogP contribution in [0.1, 0.15) is 66.6 Å². The summed E-state index contributed by atoms with van der Waals surface area (Å²) < 4.78 is 11.0. The molecule has 232 valence electrons. The van der Waals surface area contributed by atoms with Gasteiger partial charge < -0.3 is 24.6 Å². The molecule has 9 nitrogen and oxygen atoms in total. The smallest absolute Gasteiger partial charge is 0.407 e. The lowest BCUT2D eigenvalue weighted by Gasteiger charge is -2.39. The molecule has 1 aliphatic carbocycles. The number of morpholine rings is 1. The van der Waals surface area contributed by atoms with E-state index < -0.39 is 11.7 Å². The topological polar surface area (TPSA) is 101 Å². The van der Waals surface area contributed by atoms with Gasteiger partial charge in [0.2, 0.25) is 0 Å². The van der Waals surface area contributed by atoms with Gasteiger partial charge in [-0.25, -0.2) is 4.79 Å². The third-order valence-electron chi connectivity index (χ3n) is 8.18. The first kappa shape index (κ1) is 30.3. The minimum Gasteiger partial charge on any atom is -0.444 e. The second-order valence-corrected chi connectivity index (χ2v) is 14.7. The van der Waals surface area contributed by atoms with Crippen LogP contribution in [0.2, 0.25) is 0 Å². The molecule has 0 atom stereocenters. The first-order valence-electron chi connectivity index (χ1n) is 15.2. The van der Waals surface area contributed by atoms with E-state index in [9.17, 15) is 14.4 Å². The first-order valence-corrected chi connectivity index (χ1v) is 16.1. The van der Waals surface area contributed by atoms with Crippen molar-refractivity contribution in [1.29, 1.82) is 0 Å². The van der Waals surface area contributed by atoms with Gasteiger partial charge in [-0.1, -0.05) is 26.0 Å². The normalized spacial score (nSPS) is 18.4. The van der Waals surface area contributed by atoms with Crippen LogP contribution in [0, 0.1) is 5.41 Å². The second kappa shape index (κ2) is 11.6. The van der Waals surface area contributed by atoms with Crippen molar-refractivity contribution in [2.45, 2.75) is 59.1 Å². The van der Waals surface area contributed by atoms with E-state index in [1.165, 1.54) is 0 Å². The molecule has 4 heterocycles. The van der Waals surface area contributed by atoms with Crippen LogP contribution in [0.3, 0.4) is 0 Å². The molecule has 0 radical (unpaired) electrons. The Hall–Kier alpha value is -3.76. The molecule has 2 saturated heterocycles. The largest absolute Gasteiger partial charge is 0.444 e. The molecule has 1 aromatic carbocycles. The van der Waals surface area contributed by atoms with Crippen LogP contribution in [0.4, 0.5) is 9.80 Å². The molecule has 2 fully saturated rings. The molecule has 6 rings (SSSR count). The summed E-state index contributed by atoms with van der Waals surface area (Å²) >= 11 is 1.61. The Morgan fingerprint density at radius 1 is 1.07 bits per heavy atom. The molecule has 0 spiro atoms. The number of anilines is 1. The van der Waals surface area contributed by atoms with E-state index >= 15 is 0 Å². The fourth-order valence-electron chi connectivity index (χ4n) is 6.14. The molecule has 2 amide bonds. The number of nitrogens with zero attached hydrogens (tertiary/aromatic N) is 3. The quantitative estimate of drug-likeness (QED) is 0.386. The van der Waals surface area contributed by atoms with Gasteiger partial charge in [-0.3, -0.25) is 14.6 Å². The highest BCUT2D eigenvalue weighted by molar-refractivity contribution is 7.19. The fraction of sp³-hybridized carbons (Fsp3) is 0.471. The van der Waals surface area contributed by atoms with Crippen LogP contribution in [0.15, 0.2) is 42.6 Å². The zero-order valence-electron chi connectivity index (χ0n) is 26.1. The number of carbonyl (C=O) groups excluding carboxylic acids is 3. The maximum absolute atomic E-state index is 13.3. The van der Waals surface area contributed by atoms with Crippen molar-refractivity contribution >= 4 is 34.1 Å². The number of carbonyl (C=O) groups is 3. The van der Waals surface area contributed by atoms with Crippen molar-refractivity contribution in [3.63, 3.8) is 0 Å². The summed E-state index contributed by atoms with van der Waals surface area (Å²) in [5.74, 6) is 0.129. The summed E-state index contributed by atoms with van der Waals surface area (Å²) in [5.41, 5.74) is 4.77. The maximum atomic E-state index is 13.3. The number of fused-ring (bicyclic) bond motifs is 1. The Morgan fingerprint density at radius 3 is 2.55 bits per heavy atom. The predicted octanol–water partition coefficient (Wildman–Crippen LogP) is 5.82. The van der Waals surface area contributed by atoms with Crippen LogP contribution in [0.5, 0.6) is 0 Å². The van der Waals surface area contributed by atoms with Crippen LogP contribution >= 0.6 is 11.3 Å². The Bertz CT molecular complexity index is 1600. The number of nitrogens with one attached hydrogen (secondary N) is 1. The highest BCUT2D eigenvalue weighted by atomic mass is 32.1. The number of thiophene rings is 1. The predicted molar refractivity (Wildman–Crippen MR) is 172 cm³/mol. The van der Waals surface area contributed by atoms with Gasteiger partial charge in [-0.2, -0.15) is 0 Å². The summed E-state index contributed by atoms with van der Waals surface area (Å²) in [5, 5.41) is 3.95. The average Bonchev–Trinajstić information content (AvgIpc) is 3.33. The molecular weight excluding hydrogens is 576 g/mol. The van der Waals surface area contributed by atoms with Gasteiger partial charge in [0.05, 0.1) is 34.8 Å². The summed E-state index contributed by atoms with van der Waals surface area (Å²) in [6.45, 7) is 13.6. The van der Waals surface area contributed by atoms with Crippen molar-refractivity contribution in [2.75, 3.05) is 44.3 Å². The Labute approximate surface area is 262 Å². The van der Waals surface area contributed by atoms with E-state index in [0.717, 1.165) is 57.3 Å². The molecule has 0 unspecified atom stereocenters. The lowest BCUT2D eigenvalue weighted by atomic mass is 9.75. The lowest BCUT2D eigenvalue weighted by molar-refractivity contribution is 0.0359. The third kappa shape index (κ3) is 6.37. The minimum absolute atomic E-state index is 0.0903. The number of benzene rings is 1. The zero-order chi connectivity index (χ0) is 31.2. The summed E-state index contributed by atoms with van der Waals surface area (Å²) in [6, 6.07) is 11.5. The van der Waals surface area contributed by atoms with Gasteiger partial charge in [0, 0.05) is 55.5 Å². The van der Waals surface area contributed by atoms with E-state index in [0.29, 0.717) is 38.3 Å². The average molecular weight is 617 g/mol. The van der Waals surface area contributed by atoms with Crippen LogP contribution in [-0.2, 0) is 15.9 Å². The standard InChI is InChI=1S/C34H40N4O5S/c1-33(2,3)43-32(41)36-24-19-38(20-24)30(40)23-8-6-7-21(15-23)26-16-22(9-10-35-26)28-25-17-34(4,5)18-27(39)29(25)44-31(28)37-11-13-42-14-12-37/h6-10,15-16,24H,11-14,17-20H2,1-5H3,(H,36,41). The van der Waals surface area contributed by atoms with Crippen LogP contribution in [0.25, 0.3) is 22.4 Å². The van der Waals surface area contributed by atoms with Crippen molar-refractivity contribution in [3.8, 4) is 22.4 Å². The van der Waals surface area contributed by atoms with Gasteiger partial charge in [0.25, 0.3) is 5.91 Å². The molecule has 2 aliphatic heterocycles. The SMILES string of the molecule is CC1(C)CC(=O)c2sc(N3CCOCC3)c(-c3ccnc(-c4cccc(C(=O)N5CC(NC(=O)OC(C)(C)C)C5)c4)c3)c2C1. The third-order valence-corrected chi connectivity index (χ3v) is 9.51. The maximum Gasteiger partial charge on any atom is 0.407 e. The van der Waals surface area contributed by atoms with Gasteiger partial charge in [-0.15, -0.1) is 11.3 Å². The number of ketones is 1. The van der Waals surface area contributed by atoms with Crippen LogP contribution < -0.4 is 10.2 Å². The number of Topliss-reactive ketones (excluding diaryl/α,β-unsaturated/α-hetero) is 1. The second-order valence-electron chi connectivity index (χ2n) is 13.7. The number of ether oxygens (including phenoxy) is 2. The van der Waals surface area contributed by atoms with Gasteiger partial charge in [0.15, 0.2) is 5.78 Å². The number of aromatic nitrogens is 1. The Kier molecular flexibility index (Phi) is 8.00. The zero-order valence-corrected chi connectivity index (χ0v) is 26.9. The first-order chi connectivity index (χ1) is 20.9. The molecule has 3 aromatic rings. The number of hydrogen-bond donors (Lipinski definition) is 1. The van der Waals surface area contributed by atoms with E-state index in [1.807, 2.05) is 57.3 Å². The molecule has 2 aromatic heterocycles. The van der Waals surface area contributed by atoms with Crippen LogP contribution in [-0.4, -0.2) is 78.7 Å². The number of rotatable bonds is 5. The number of pyridine rings is 1. The number of hydrogen-bond acceptors (Lipinski definition) is 8. The number of likely N-dealkylation sites (tertiary alicyclic amines) is 1. The molecule has 0 saturated carbocycles. The number of alkyl carbamates (subject to hydrolysis) is 1. The van der Waals surface area contributed by atoms with E-state index in [-0.39, 0.29) is 23.1 Å². The molecule has 1 N–H and O–H groups in total. The molecular formula is C34H40N4O5S. The molecule has 3 aliphatic rings. The van der Waals surface area contributed by atoms with Gasteiger partial charge in [-0.05, 0) is 68.0 Å². The highest BCUT2D eigenvalue weighted by Gasteiger charge is 2.37. The van der Waals surface area contributed by atoms with Crippen molar-refractivity contribution in [2.24, 2.45) is 5.41 Å². The van der Waals surface area contributed by atoms with Crippen molar-refractivity contribution in [3.05, 3.63) is 58.6 Å². The van der Waals surface area contributed by atoms with E-state index in [2.05, 4.69) is 35.1 Å². The summed E-state index contributed by atoms with van der Waals surface area (Å²) in [6.07, 6.45) is 2.73. The Balaban J connectivity index is 1.25. The monoisotopic (exact) mass is 616 g/mol. The summed E-state index contributed by atoms with van der Waals surface area (Å²) in [7, 11) is 0. The van der Waals surface area contributed by atoms with Gasteiger partial charge >= 0.3 is 6.09 Å². The van der Waals surface area contributed by atoms with E-state index in [4.69, 9.17) is 9.47 Å². The lowest BCUT2D eigenvalue weighted by Crippen LogP contribution is -2.61. The minimum atomic E-state index is -0.573. The van der Waals surface area contributed by atoms with Crippen molar-refractivity contribution in [1.82, 2.24) is 15.2 Å². The van der Waals surface area contributed by atoms with E-state index in [1.54, 1.807) is 16.2 Å². The molecule has 44 heavy (non-hydrogen) atoms. The van der Waals surface area contributed by atoms with Crippen molar-refractivity contribution < 1.29 is 23.9 Å². The van der Waals surface area contributed by atoms with Gasteiger partial charge in [0.1, 0.15) is 5.60 Å². The highest BCUT2D eigenvalue weighted by Crippen LogP contribution is 2.49.